The summed E-state index contributed by atoms with van der Waals surface area (Å²) in [5.41, 5.74) is 11.4. The zero-order chi connectivity index (χ0) is 50.4. The van der Waals surface area contributed by atoms with Gasteiger partial charge in [-0.1, -0.05) is 90.5 Å². The van der Waals surface area contributed by atoms with Crippen LogP contribution in [0.3, 0.4) is 0 Å². The number of phenols is 4. The smallest absolute Gasteiger partial charge is 0.506 e. The Morgan fingerprint density at radius 2 is 0.800 bits per heavy atom. The second-order valence-electron chi connectivity index (χ2n) is 17.6. The molecule has 0 bridgehead atoms. The molecule has 0 aromatic heterocycles. The maximum Gasteiger partial charge on any atom is 0.506 e. The van der Waals surface area contributed by atoms with Gasteiger partial charge in [-0.05, 0) is 156 Å². The van der Waals surface area contributed by atoms with Crippen LogP contribution in [-0.4, -0.2) is 67.1 Å². The maximum atomic E-state index is 12.0. The summed E-state index contributed by atoms with van der Waals surface area (Å²) in [4.78, 5) is 35.7. The fourth-order valence-electron chi connectivity index (χ4n) is 8.99. The van der Waals surface area contributed by atoms with E-state index in [2.05, 4.69) is 0 Å². The second kappa shape index (κ2) is 21.2. The Kier molecular flexibility index (Phi) is 15.0. The van der Waals surface area contributed by atoms with Gasteiger partial charge in [-0.25, -0.2) is 14.4 Å². The van der Waals surface area contributed by atoms with Crippen LogP contribution >= 0.6 is 0 Å². The van der Waals surface area contributed by atoms with Gasteiger partial charge in [-0.2, -0.15) is 0 Å². The molecule has 0 saturated carbocycles. The third kappa shape index (κ3) is 11.6. The molecule has 0 spiro atoms. The predicted molar refractivity (Wildman–Crippen MR) is 262 cm³/mol. The molecule has 0 unspecified atom stereocenters. The van der Waals surface area contributed by atoms with E-state index in [1.54, 1.807) is 88.4 Å². The molecule has 0 heterocycles. The fraction of sp³-hybridized carbons (Fsp3) is 0.211. The van der Waals surface area contributed by atoms with Gasteiger partial charge in [0.15, 0.2) is 13.2 Å². The minimum Gasteiger partial charge on any atom is -0.508 e. The molecule has 360 valence electrons. The van der Waals surface area contributed by atoms with Gasteiger partial charge in [0.25, 0.3) is 0 Å². The zero-order valence-electron chi connectivity index (χ0n) is 39.3. The van der Waals surface area contributed by atoms with Gasteiger partial charge in [0.1, 0.15) is 41.1 Å². The van der Waals surface area contributed by atoms with Crippen LogP contribution in [0.5, 0.6) is 34.5 Å². The van der Waals surface area contributed by atoms with Crippen molar-refractivity contribution >= 4 is 18.1 Å². The van der Waals surface area contributed by atoms with Crippen molar-refractivity contribution in [2.75, 3.05) is 13.2 Å². The van der Waals surface area contributed by atoms with Crippen molar-refractivity contribution in [1.82, 2.24) is 0 Å². The molecule has 0 radical (unpaired) electrons. The Balaban J connectivity index is 1.36. The first-order valence-corrected chi connectivity index (χ1v) is 22.4. The Morgan fingerprint density at radius 3 is 1.10 bits per heavy atom. The lowest BCUT2D eigenvalue weighted by Crippen LogP contribution is -2.14. The van der Waals surface area contributed by atoms with E-state index >= 15 is 0 Å². The molecule has 0 saturated heterocycles. The lowest BCUT2D eigenvalue weighted by molar-refractivity contribution is -0.140. The maximum absolute atomic E-state index is 12.0. The van der Waals surface area contributed by atoms with Crippen molar-refractivity contribution in [2.45, 2.75) is 65.9 Å². The van der Waals surface area contributed by atoms with Crippen molar-refractivity contribution in [3.8, 4) is 34.5 Å². The number of carboxylic acid groups (broad SMARTS) is 3. The summed E-state index contributed by atoms with van der Waals surface area (Å²) >= 11 is 0. The molecule has 7 rings (SSSR count). The number of rotatable bonds is 18. The first-order chi connectivity index (χ1) is 33.3. The van der Waals surface area contributed by atoms with Crippen LogP contribution in [0.2, 0.25) is 0 Å². The number of carboxylic acids is 2. The third-order valence-electron chi connectivity index (χ3n) is 12.4. The summed E-state index contributed by atoms with van der Waals surface area (Å²) in [5.74, 6) is -2.42. The lowest BCUT2D eigenvalue weighted by atomic mass is 9.81. The van der Waals surface area contributed by atoms with Crippen molar-refractivity contribution in [3.63, 3.8) is 0 Å². The average molecular weight is 947 g/mol. The molecule has 7 aromatic rings. The molecule has 0 aliphatic heterocycles. The highest BCUT2D eigenvalue weighted by molar-refractivity contribution is 5.69. The Morgan fingerprint density at radius 1 is 0.457 bits per heavy atom. The van der Waals surface area contributed by atoms with Gasteiger partial charge in [-0.15, -0.1) is 0 Å². The summed E-state index contributed by atoms with van der Waals surface area (Å²) < 4.78 is 17.1. The van der Waals surface area contributed by atoms with Gasteiger partial charge in [-0.3, -0.25) is 0 Å². The van der Waals surface area contributed by atoms with E-state index in [-0.39, 0.29) is 42.4 Å². The second-order valence-corrected chi connectivity index (χ2v) is 17.6. The minimum atomic E-state index is -1.46. The van der Waals surface area contributed by atoms with Crippen molar-refractivity contribution in [1.29, 1.82) is 0 Å². The Labute approximate surface area is 405 Å². The van der Waals surface area contributed by atoms with E-state index < -0.39 is 43.1 Å². The van der Waals surface area contributed by atoms with Crippen LogP contribution in [0.1, 0.15) is 101 Å². The monoisotopic (exact) mass is 946 g/mol. The van der Waals surface area contributed by atoms with E-state index in [0.29, 0.717) is 50.4 Å². The Bertz CT molecular complexity index is 2820. The molecule has 7 N–H and O–H groups in total. The molecule has 13 nitrogen and oxygen atoms in total. The largest absolute Gasteiger partial charge is 0.508 e. The highest BCUT2D eigenvalue weighted by atomic mass is 16.7. The SMILES string of the molecule is Cc1cc(Cc2ccc(OCC(=O)O)c(C(c3ccc(O)c(C)c3)c3ccc(O)c(C)c3)c2)c(COC(=O)O)c(Cc2ccc(OCC(=O)O)c(C(c3ccc(O)c(C)c3)c3ccc(O)c(C)c3)c2)c1. The van der Waals surface area contributed by atoms with Gasteiger partial charge < -0.3 is 50.0 Å². The molecule has 70 heavy (non-hydrogen) atoms. The number of aryl methyl sites for hydroxylation is 5. The van der Waals surface area contributed by atoms with Gasteiger partial charge in [0, 0.05) is 23.0 Å². The summed E-state index contributed by atoms with van der Waals surface area (Å²) in [7, 11) is 0. The summed E-state index contributed by atoms with van der Waals surface area (Å²) in [6.07, 6.45) is -0.898. The first-order valence-electron chi connectivity index (χ1n) is 22.4. The number of carbonyl (C=O) groups is 3. The van der Waals surface area contributed by atoms with Gasteiger partial charge >= 0.3 is 18.1 Å². The highest BCUT2D eigenvalue weighted by Gasteiger charge is 2.26. The van der Waals surface area contributed by atoms with E-state index in [9.17, 15) is 50.1 Å². The van der Waals surface area contributed by atoms with Crippen LogP contribution < -0.4 is 9.47 Å². The minimum absolute atomic E-state index is 0.102. The van der Waals surface area contributed by atoms with Gasteiger partial charge in [0.05, 0.1) is 0 Å². The van der Waals surface area contributed by atoms with Gasteiger partial charge in [0.2, 0.25) is 0 Å². The molecule has 0 aliphatic rings. The molecular formula is C57H54O13. The normalized spacial score (nSPS) is 11.2. The number of phenolic OH excluding ortho intramolecular Hbond substituents is 4. The van der Waals surface area contributed by atoms with Crippen molar-refractivity contribution in [3.05, 3.63) is 210 Å². The first kappa shape index (κ1) is 49.5. The molecule has 13 heteroatoms. The Hall–Kier alpha value is -8.45. The van der Waals surface area contributed by atoms with Crippen LogP contribution in [0, 0.1) is 34.6 Å². The third-order valence-corrected chi connectivity index (χ3v) is 12.4. The fourth-order valence-corrected chi connectivity index (χ4v) is 8.99. The van der Waals surface area contributed by atoms with Crippen molar-refractivity contribution in [2.24, 2.45) is 0 Å². The predicted octanol–water partition coefficient (Wildman–Crippen LogP) is 10.7. The standard InChI is InChI=1S/C57H54O13/c1-31-18-42(24-36-6-16-51(68-29-53(62)63)44(26-36)55(38-8-12-47(58)32(2)20-38)39-9-13-48(59)33(3)21-39)46(28-70-57(66)67)43(19-31)25-37-7-17-52(69-30-54(64)65)45(27-37)56(40-10-14-49(60)34(4)22-40)41-11-15-50(61)35(5)23-41/h6-23,26-27,55-56,58-61H,24-25,28-30H2,1-5H3,(H,62,63)(H,64,65)(H,66,67). The van der Waals surface area contributed by atoms with E-state index in [1.807, 2.05) is 67.6 Å². The topological polar surface area (TPSA) is 221 Å². The molecule has 0 atom stereocenters. The summed E-state index contributed by atoms with van der Waals surface area (Å²) in [6, 6.07) is 35.8. The number of hydrogen-bond donors (Lipinski definition) is 7. The lowest BCUT2D eigenvalue weighted by Gasteiger charge is -2.24. The number of ether oxygens (including phenoxy) is 3. The van der Waals surface area contributed by atoms with E-state index in [0.717, 1.165) is 50.1 Å². The molecule has 0 amide bonds. The zero-order valence-corrected chi connectivity index (χ0v) is 39.3. The molecule has 7 aromatic carbocycles. The number of aliphatic carboxylic acids is 2. The molecule has 0 fully saturated rings. The molecule has 0 aliphatic carbocycles. The summed E-state index contributed by atoms with van der Waals surface area (Å²) in [5, 5.41) is 71.2. The van der Waals surface area contributed by atoms with Crippen LogP contribution in [0.15, 0.2) is 121 Å². The average Bonchev–Trinajstić information content (AvgIpc) is 3.30. The van der Waals surface area contributed by atoms with Crippen LogP contribution in [0.25, 0.3) is 0 Å². The molecular weight excluding hydrogens is 893 g/mol. The van der Waals surface area contributed by atoms with Crippen LogP contribution in [0.4, 0.5) is 4.79 Å². The highest BCUT2D eigenvalue weighted by Crippen LogP contribution is 2.43. The van der Waals surface area contributed by atoms with Crippen molar-refractivity contribution < 1.29 is 64.3 Å². The quantitative estimate of drug-likeness (QED) is 0.0315. The number of benzene rings is 7. The number of hydrogen-bond acceptors (Lipinski definition) is 10. The van der Waals surface area contributed by atoms with E-state index in [1.165, 1.54) is 0 Å². The number of aromatic hydroxyl groups is 4. The van der Waals surface area contributed by atoms with E-state index in [4.69, 9.17) is 14.2 Å². The van der Waals surface area contributed by atoms with Crippen LogP contribution in [-0.2, 0) is 33.8 Å². The summed E-state index contributed by atoms with van der Waals surface area (Å²) in [6.45, 7) is 7.53.